The number of carbonyl (C=O) groups is 1. The summed E-state index contributed by atoms with van der Waals surface area (Å²) >= 11 is 0. The van der Waals surface area contributed by atoms with E-state index in [1.165, 1.54) is 0 Å². The molecule has 0 aliphatic heterocycles. The zero-order valence-electron chi connectivity index (χ0n) is 12.4. The number of phenols is 1. The van der Waals surface area contributed by atoms with Gasteiger partial charge in [-0.3, -0.25) is 10.1 Å². The van der Waals surface area contributed by atoms with Crippen molar-refractivity contribution in [3.05, 3.63) is 29.3 Å². The van der Waals surface area contributed by atoms with Gasteiger partial charge in [-0.2, -0.15) is 0 Å². The molecular weight excluding hydrogens is 252 g/mol. The predicted molar refractivity (Wildman–Crippen MR) is 79.6 cm³/mol. The number of benzene rings is 1. The van der Waals surface area contributed by atoms with Crippen LogP contribution in [0.3, 0.4) is 0 Å². The second-order valence-electron chi connectivity index (χ2n) is 5.96. The lowest BCUT2D eigenvalue weighted by Crippen LogP contribution is -2.44. The van der Waals surface area contributed by atoms with Gasteiger partial charge in [-0.25, -0.2) is 0 Å². The van der Waals surface area contributed by atoms with Crippen LogP contribution in [0.4, 0.5) is 0 Å². The second-order valence-corrected chi connectivity index (χ2v) is 5.96. The Hall–Kier alpha value is -1.55. The van der Waals surface area contributed by atoms with Crippen LogP contribution in [0, 0.1) is 5.92 Å². The molecule has 1 aromatic carbocycles. The van der Waals surface area contributed by atoms with Gasteiger partial charge in [0, 0.05) is 12.6 Å². The van der Waals surface area contributed by atoms with Crippen LogP contribution in [0.2, 0.25) is 0 Å². The van der Waals surface area contributed by atoms with E-state index in [9.17, 15) is 9.90 Å². The molecule has 0 aromatic heterocycles. The van der Waals surface area contributed by atoms with Crippen molar-refractivity contribution < 1.29 is 9.90 Å². The molecular formula is C16H24N2O2. The quantitative estimate of drug-likeness (QED) is 0.772. The topological polar surface area (TPSA) is 61.4 Å². The Kier molecular flexibility index (Phi) is 4.65. The van der Waals surface area contributed by atoms with Crippen LogP contribution < -0.4 is 10.6 Å². The molecule has 0 saturated carbocycles. The molecule has 3 N–H and O–H groups in total. The molecule has 2 rings (SSSR count). The molecule has 1 aliphatic carbocycles. The van der Waals surface area contributed by atoms with Crippen LogP contribution in [0.5, 0.6) is 5.75 Å². The number of nitrogens with one attached hydrogen (secondary N) is 2. The van der Waals surface area contributed by atoms with E-state index >= 15 is 0 Å². The minimum atomic E-state index is -0.230. The molecule has 1 amide bonds. The molecule has 0 spiro atoms. The number of amides is 1. The van der Waals surface area contributed by atoms with Crippen LogP contribution in [-0.4, -0.2) is 23.6 Å². The molecule has 2 unspecified atom stereocenters. The van der Waals surface area contributed by atoms with Crippen molar-refractivity contribution in [2.45, 2.75) is 45.7 Å². The summed E-state index contributed by atoms with van der Waals surface area (Å²) in [5.41, 5.74) is 2.13. The van der Waals surface area contributed by atoms with Gasteiger partial charge in [0.1, 0.15) is 5.75 Å². The molecule has 110 valence electrons. The molecule has 1 aliphatic rings. The zero-order chi connectivity index (χ0) is 14.7. The number of hydrogen-bond donors (Lipinski definition) is 3. The summed E-state index contributed by atoms with van der Waals surface area (Å²) < 4.78 is 0. The summed E-state index contributed by atoms with van der Waals surface area (Å²) in [5, 5.41) is 16.1. The summed E-state index contributed by atoms with van der Waals surface area (Å²) in [6, 6.07) is 5.53. The van der Waals surface area contributed by atoms with Gasteiger partial charge in [0.05, 0.1) is 6.04 Å². The summed E-state index contributed by atoms with van der Waals surface area (Å²) in [6.07, 6.45) is 1.79. The van der Waals surface area contributed by atoms with Crippen LogP contribution in [-0.2, 0) is 11.2 Å². The lowest BCUT2D eigenvalue weighted by Gasteiger charge is -2.20. The van der Waals surface area contributed by atoms with Crippen LogP contribution in [0.1, 0.15) is 44.4 Å². The fourth-order valence-corrected chi connectivity index (χ4v) is 2.64. The molecule has 0 fully saturated rings. The summed E-state index contributed by atoms with van der Waals surface area (Å²) in [7, 11) is 0. The minimum Gasteiger partial charge on any atom is -0.508 e. The smallest absolute Gasteiger partial charge is 0.236 e. The molecule has 0 heterocycles. The monoisotopic (exact) mass is 276 g/mol. The van der Waals surface area contributed by atoms with Gasteiger partial charge in [0.25, 0.3) is 0 Å². The van der Waals surface area contributed by atoms with Crippen LogP contribution in [0.25, 0.3) is 0 Å². The number of aromatic hydroxyl groups is 1. The van der Waals surface area contributed by atoms with Crippen molar-refractivity contribution in [1.29, 1.82) is 0 Å². The first-order valence-corrected chi connectivity index (χ1v) is 7.33. The van der Waals surface area contributed by atoms with E-state index in [2.05, 4.69) is 24.5 Å². The third kappa shape index (κ3) is 3.31. The molecule has 2 atom stereocenters. The second kappa shape index (κ2) is 6.27. The highest BCUT2D eigenvalue weighted by molar-refractivity contribution is 5.81. The molecule has 4 nitrogen and oxygen atoms in total. The zero-order valence-corrected chi connectivity index (χ0v) is 12.4. The van der Waals surface area contributed by atoms with Gasteiger partial charge in [0.15, 0.2) is 0 Å². The van der Waals surface area contributed by atoms with E-state index in [0.717, 1.165) is 24.0 Å². The molecule has 0 saturated heterocycles. The highest BCUT2D eigenvalue weighted by Crippen LogP contribution is 2.36. The largest absolute Gasteiger partial charge is 0.508 e. The van der Waals surface area contributed by atoms with Crippen molar-refractivity contribution in [1.82, 2.24) is 10.6 Å². The summed E-state index contributed by atoms with van der Waals surface area (Å²) in [6.45, 7) is 6.74. The van der Waals surface area contributed by atoms with Crippen molar-refractivity contribution >= 4 is 5.91 Å². The summed E-state index contributed by atoms with van der Waals surface area (Å²) in [5.74, 6) is 0.853. The number of carbonyl (C=O) groups excluding carboxylic acids is 1. The minimum absolute atomic E-state index is 0.0345. The van der Waals surface area contributed by atoms with E-state index in [-0.39, 0.29) is 18.0 Å². The van der Waals surface area contributed by atoms with Crippen LogP contribution in [0.15, 0.2) is 18.2 Å². The standard InChI is InChI=1S/C16H24N2O2/c1-10(2)9-17-16(20)11(3)18-14-8-7-13-12(14)5-4-6-15(13)19/h4-6,10-11,14,18-19H,7-9H2,1-3H3,(H,17,20). The fourth-order valence-electron chi connectivity index (χ4n) is 2.64. The normalized spacial score (nSPS) is 18.9. The van der Waals surface area contributed by atoms with Gasteiger partial charge >= 0.3 is 0 Å². The maximum Gasteiger partial charge on any atom is 0.236 e. The Balaban J connectivity index is 1.95. The first-order chi connectivity index (χ1) is 9.49. The lowest BCUT2D eigenvalue weighted by atomic mass is 10.1. The maximum atomic E-state index is 12.0. The third-order valence-corrected chi connectivity index (χ3v) is 3.77. The van der Waals surface area contributed by atoms with Gasteiger partial charge in [0.2, 0.25) is 5.91 Å². The number of phenolic OH excluding ortho intramolecular Hbond substituents is 1. The Morgan fingerprint density at radius 3 is 2.85 bits per heavy atom. The van der Waals surface area contributed by atoms with Gasteiger partial charge in [-0.05, 0) is 42.9 Å². The molecule has 0 bridgehead atoms. The van der Waals surface area contributed by atoms with Crippen molar-refractivity contribution in [2.75, 3.05) is 6.54 Å². The van der Waals surface area contributed by atoms with Crippen molar-refractivity contribution in [3.63, 3.8) is 0 Å². The maximum absolute atomic E-state index is 12.0. The molecule has 0 radical (unpaired) electrons. The van der Waals surface area contributed by atoms with E-state index in [4.69, 9.17) is 0 Å². The lowest BCUT2D eigenvalue weighted by molar-refractivity contribution is -0.123. The van der Waals surface area contributed by atoms with Gasteiger partial charge in [-0.15, -0.1) is 0 Å². The van der Waals surface area contributed by atoms with Crippen molar-refractivity contribution in [3.8, 4) is 5.75 Å². The first-order valence-electron chi connectivity index (χ1n) is 7.33. The van der Waals surface area contributed by atoms with Crippen molar-refractivity contribution in [2.24, 2.45) is 5.92 Å². The Bertz CT molecular complexity index is 485. The van der Waals surface area contributed by atoms with E-state index < -0.39 is 0 Å². The number of hydrogen-bond acceptors (Lipinski definition) is 3. The SMILES string of the molecule is CC(C)CNC(=O)C(C)NC1CCc2c(O)cccc21. The first kappa shape index (κ1) is 14.9. The molecule has 4 heteroatoms. The van der Waals surface area contributed by atoms with Gasteiger partial charge < -0.3 is 10.4 Å². The number of fused-ring (bicyclic) bond motifs is 1. The highest BCUT2D eigenvalue weighted by atomic mass is 16.3. The summed E-state index contributed by atoms with van der Waals surface area (Å²) in [4.78, 5) is 12.0. The Morgan fingerprint density at radius 1 is 1.40 bits per heavy atom. The average molecular weight is 276 g/mol. The fraction of sp³-hybridized carbons (Fsp3) is 0.562. The van der Waals surface area contributed by atoms with Crippen LogP contribution >= 0.6 is 0 Å². The number of rotatable bonds is 5. The van der Waals surface area contributed by atoms with Gasteiger partial charge in [-0.1, -0.05) is 26.0 Å². The Morgan fingerprint density at radius 2 is 2.15 bits per heavy atom. The highest BCUT2D eigenvalue weighted by Gasteiger charge is 2.27. The van der Waals surface area contributed by atoms with E-state index in [1.54, 1.807) is 6.07 Å². The molecule has 20 heavy (non-hydrogen) atoms. The molecule has 1 aromatic rings. The van der Waals surface area contributed by atoms with E-state index in [1.807, 2.05) is 19.1 Å². The average Bonchev–Trinajstić information content (AvgIpc) is 2.80. The third-order valence-electron chi connectivity index (χ3n) is 3.77. The predicted octanol–water partition coefficient (Wildman–Crippen LogP) is 2.13. The van der Waals surface area contributed by atoms with E-state index in [0.29, 0.717) is 18.2 Å². The Labute approximate surface area is 120 Å².